The molecule has 0 aliphatic carbocycles. The van der Waals surface area contributed by atoms with Gasteiger partial charge in [0.1, 0.15) is 0 Å². The molecule has 0 saturated heterocycles. The van der Waals surface area contributed by atoms with Gasteiger partial charge in [-0.05, 0) is 38.4 Å². The highest BCUT2D eigenvalue weighted by atomic mass is 16.1. The van der Waals surface area contributed by atoms with E-state index < -0.39 is 0 Å². The van der Waals surface area contributed by atoms with E-state index in [0.29, 0.717) is 12.1 Å². The van der Waals surface area contributed by atoms with E-state index >= 15 is 0 Å². The average Bonchev–Trinajstić information content (AvgIpc) is 2.29. The third kappa shape index (κ3) is 4.40. The predicted molar refractivity (Wildman–Crippen MR) is 64.2 cm³/mol. The van der Waals surface area contributed by atoms with Crippen LogP contribution in [0.1, 0.15) is 35.3 Å². The van der Waals surface area contributed by atoms with E-state index in [1.807, 2.05) is 13.0 Å². The monoisotopic (exact) mass is 221 g/mol. The lowest BCUT2D eigenvalue weighted by Gasteiger charge is -2.04. The molecule has 0 radical (unpaired) electrons. The second-order valence-electron chi connectivity index (χ2n) is 3.79. The topological polar surface area (TPSA) is 68.0 Å². The summed E-state index contributed by atoms with van der Waals surface area (Å²) in [6, 6.07) is 3.63. The molecule has 16 heavy (non-hydrogen) atoms. The summed E-state index contributed by atoms with van der Waals surface area (Å²) in [6.45, 7) is 3.32. The standard InChI is InChI=1S/C12H19N3O/c1-10-5-6-11(9-15-10)12(16)14-8-4-2-3-7-13/h5-6,9H,2-4,7-8,13H2,1H3,(H,14,16). The van der Waals surface area contributed by atoms with Gasteiger partial charge in [0, 0.05) is 18.4 Å². The van der Waals surface area contributed by atoms with Crippen molar-refractivity contribution < 1.29 is 4.79 Å². The zero-order valence-electron chi connectivity index (χ0n) is 9.70. The van der Waals surface area contributed by atoms with E-state index in [1.54, 1.807) is 12.3 Å². The van der Waals surface area contributed by atoms with Crippen LogP contribution >= 0.6 is 0 Å². The number of nitrogens with one attached hydrogen (secondary N) is 1. The number of carbonyl (C=O) groups excluding carboxylic acids is 1. The lowest BCUT2D eigenvalue weighted by Crippen LogP contribution is -2.24. The van der Waals surface area contributed by atoms with Gasteiger partial charge in [0.05, 0.1) is 5.56 Å². The van der Waals surface area contributed by atoms with Gasteiger partial charge in [-0.25, -0.2) is 0 Å². The van der Waals surface area contributed by atoms with Crippen LogP contribution in [0.15, 0.2) is 18.3 Å². The number of nitrogens with zero attached hydrogens (tertiary/aromatic N) is 1. The Morgan fingerprint density at radius 2 is 2.19 bits per heavy atom. The third-order valence-electron chi connectivity index (χ3n) is 2.34. The Labute approximate surface area is 96.3 Å². The number of aryl methyl sites for hydroxylation is 1. The number of pyridine rings is 1. The summed E-state index contributed by atoms with van der Waals surface area (Å²) in [6.07, 6.45) is 4.65. The molecule has 0 saturated carbocycles. The van der Waals surface area contributed by atoms with E-state index in [2.05, 4.69) is 10.3 Å². The molecule has 4 heteroatoms. The number of unbranched alkanes of at least 4 members (excludes halogenated alkanes) is 2. The van der Waals surface area contributed by atoms with E-state index in [4.69, 9.17) is 5.73 Å². The van der Waals surface area contributed by atoms with Crippen molar-refractivity contribution in [3.8, 4) is 0 Å². The van der Waals surface area contributed by atoms with Crippen LogP contribution in [-0.2, 0) is 0 Å². The molecule has 1 heterocycles. The molecule has 1 rings (SSSR count). The molecular weight excluding hydrogens is 202 g/mol. The largest absolute Gasteiger partial charge is 0.352 e. The van der Waals surface area contributed by atoms with Gasteiger partial charge in [-0.3, -0.25) is 9.78 Å². The number of hydrogen-bond donors (Lipinski definition) is 2. The number of nitrogens with two attached hydrogens (primary N) is 1. The molecule has 0 atom stereocenters. The van der Waals surface area contributed by atoms with Crippen molar-refractivity contribution in [2.45, 2.75) is 26.2 Å². The first kappa shape index (κ1) is 12.6. The van der Waals surface area contributed by atoms with E-state index in [9.17, 15) is 4.79 Å². The van der Waals surface area contributed by atoms with Crippen LogP contribution in [0.4, 0.5) is 0 Å². The minimum Gasteiger partial charge on any atom is -0.352 e. The number of rotatable bonds is 6. The molecule has 0 bridgehead atoms. The van der Waals surface area contributed by atoms with Gasteiger partial charge < -0.3 is 11.1 Å². The Bertz CT molecular complexity index is 322. The highest BCUT2D eigenvalue weighted by Crippen LogP contribution is 1.99. The summed E-state index contributed by atoms with van der Waals surface area (Å²) in [5.41, 5.74) is 6.91. The average molecular weight is 221 g/mol. The lowest BCUT2D eigenvalue weighted by molar-refractivity contribution is 0.0952. The molecule has 0 unspecified atom stereocenters. The Hall–Kier alpha value is -1.42. The Balaban J connectivity index is 2.27. The summed E-state index contributed by atoms with van der Waals surface area (Å²) in [5, 5.41) is 2.86. The first-order valence-electron chi connectivity index (χ1n) is 5.65. The van der Waals surface area contributed by atoms with Crippen LogP contribution in [0.5, 0.6) is 0 Å². The molecule has 88 valence electrons. The molecule has 0 aliphatic heterocycles. The first-order chi connectivity index (χ1) is 7.74. The normalized spacial score (nSPS) is 10.1. The lowest BCUT2D eigenvalue weighted by atomic mass is 10.2. The Morgan fingerprint density at radius 1 is 1.38 bits per heavy atom. The fraction of sp³-hybridized carbons (Fsp3) is 0.500. The molecule has 3 N–H and O–H groups in total. The highest BCUT2D eigenvalue weighted by molar-refractivity contribution is 5.93. The van der Waals surface area contributed by atoms with E-state index in [0.717, 1.165) is 31.5 Å². The summed E-state index contributed by atoms with van der Waals surface area (Å²) in [4.78, 5) is 15.7. The molecule has 0 spiro atoms. The minimum absolute atomic E-state index is 0.0553. The van der Waals surface area contributed by atoms with E-state index in [1.165, 1.54) is 0 Å². The molecular formula is C12H19N3O. The smallest absolute Gasteiger partial charge is 0.252 e. The maximum Gasteiger partial charge on any atom is 0.252 e. The minimum atomic E-state index is -0.0553. The van der Waals surface area contributed by atoms with Crippen molar-refractivity contribution in [3.05, 3.63) is 29.6 Å². The number of aromatic nitrogens is 1. The summed E-state index contributed by atoms with van der Waals surface area (Å²) in [7, 11) is 0. The molecule has 0 aromatic carbocycles. The van der Waals surface area contributed by atoms with Crippen LogP contribution in [0.3, 0.4) is 0 Å². The molecule has 1 aromatic rings. The van der Waals surface area contributed by atoms with Crippen LogP contribution in [0.2, 0.25) is 0 Å². The van der Waals surface area contributed by atoms with Crippen LogP contribution < -0.4 is 11.1 Å². The zero-order chi connectivity index (χ0) is 11.8. The van der Waals surface area contributed by atoms with Crippen molar-refractivity contribution in [1.29, 1.82) is 0 Å². The van der Waals surface area contributed by atoms with Gasteiger partial charge in [-0.15, -0.1) is 0 Å². The highest BCUT2D eigenvalue weighted by Gasteiger charge is 2.03. The van der Waals surface area contributed by atoms with Gasteiger partial charge in [0.2, 0.25) is 0 Å². The third-order valence-corrected chi connectivity index (χ3v) is 2.34. The molecule has 1 amide bonds. The van der Waals surface area contributed by atoms with Crippen molar-refractivity contribution >= 4 is 5.91 Å². The number of carbonyl (C=O) groups is 1. The predicted octanol–water partition coefficient (Wildman–Crippen LogP) is 1.25. The van der Waals surface area contributed by atoms with Crippen LogP contribution in [0.25, 0.3) is 0 Å². The van der Waals surface area contributed by atoms with Gasteiger partial charge in [-0.1, -0.05) is 6.42 Å². The fourth-order valence-corrected chi connectivity index (χ4v) is 1.35. The van der Waals surface area contributed by atoms with Crippen molar-refractivity contribution in [3.63, 3.8) is 0 Å². The Kier molecular flexibility index (Phi) is 5.50. The maximum atomic E-state index is 11.6. The fourth-order valence-electron chi connectivity index (χ4n) is 1.35. The Morgan fingerprint density at radius 3 is 2.81 bits per heavy atom. The molecule has 0 fully saturated rings. The second-order valence-corrected chi connectivity index (χ2v) is 3.79. The van der Waals surface area contributed by atoms with Gasteiger partial charge >= 0.3 is 0 Å². The summed E-state index contributed by atoms with van der Waals surface area (Å²) >= 11 is 0. The molecule has 1 aromatic heterocycles. The zero-order valence-corrected chi connectivity index (χ0v) is 9.70. The van der Waals surface area contributed by atoms with Gasteiger partial charge in [0.25, 0.3) is 5.91 Å². The number of hydrogen-bond acceptors (Lipinski definition) is 3. The second kappa shape index (κ2) is 6.95. The molecule has 4 nitrogen and oxygen atoms in total. The van der Waals surface area contributed by atoms with Crippen molar-refractivity contribution in [2.75, 3.05) is 13.1 Å². The number of amides is 1. The van der Waals surface area contributed by atoms with Gasteiger partial charge in [0.15, 0.2) is 0 Å². The maximum absolute atomic E-state index is 11.6. The summed E-state index contributed by atoms with van der Waals surface area (Å²) in [5.74, 6) is -0.0553. The quantitative estimate of drug-likeness (QED) is 0.710. The van der Waals surface area contributed by atoms with Crippen molar-refractivity contribution in [2.24, 2.45) is 5.73 Å². The van der Waals surface area contributed by atoms with Crippen LogP contribution in [0, 0.1) is 6.92 Å². The van der Waals surface area contributed by atoms with Gasteiger partial charge in [-0.2, -0.15) is 0 Å². The SMILES string of the molecule is Cc1ccc(C(=O)NCCCCCN)cn1. The molecule has 0 aliphatic rings. The first-order valence-corrected chi connectivity index (χ1v) is 5.65. The van der Waals surface area contributed by atoms with Crippen molar-refractivity contribution in [1.82, 2.24) is 10.3 Å². The van der Waals surface area contributed by atoms with E-state index in [-0.39, 0.29) is 5.91 Å². The summed E-state index contributed by atoms with van der Waals surface area (Å²) < 4.78 is 0. The van der Waals surface area contributed by atoms with Crippen LogP contribution in [-0.4, -0.2) is 24.0 Å².